The minimum Gasteiger partial charge on any atom is -0.315 e. The van der Waals surface area contributed by atoms with E-state index in [9.17, 15) is 4.79 Å². The van der Waals surface area contributed by atoms with Crippen LogP contribution in [0.1, 0.15) is 63.5 Å². The lowest BCUT2D eigenvalue weighted by molar-refractivity contribution is 0.149. The summed E-state index contributed by atoms with van der Waals surface area (Å²) in [5, 5.41) is 5.69. The summed E-state index contributed by atoms with van der Waals surface area (Å²) in [5.74, 6) is 1.82. The summed E-state index contributed by atoms with van der Waals surface area (Å²) in [4.78, 5) is 14.2. The smallest absolute Gasteiger partial charge is 0.304 e. The fourth-order valence-electron chi connectivity index (χ4n) is 4.18. The lowest BCUT2D eigenvalue weighted by Gasteiger charge is -2.39. The lowest BCUT2D eigenvalue weighted by Crippen LogP contribution is -2.42. The van der Waals surface area contributed by atoms with E-state index in [4.69, 9.17) is 0 Å². The van der Waals surface area contributed by atoms with Gasteiger partial charge in [-0.2, -0.15) is 0 Å². The van der Waals surface area contributed by atoms with Crippen molar-refractivity contribution in [2.24, 2.45) is 11.8 Å². The maximum absolute atomic E-state index is 11.2. The second-order valence-electron chi connectivity index (χ2n) is 6.51. The average molecular weight is 294 g/mol. The molecule has 0 radical (unpaired) electrons. The molecule has 3 nitrogen and oxygen atoms in total. The number of rotatable bonds is 4. The van der Waals surface area contributed by atoms with Crippen LogP contribution in [-0.4, -0.2) is 11.0 Å². The predicted octanol–water partition coefficient (Wildman–Crippen LogP) is 3.67. The molecule has 2 aliphatic carbocycles. The van der Waals surface area contributed by atoms with Crippen LogP contribution in [0.4, 0.5) is 0 Å². The maximum Gasteiger partial charge on any atom is 0.304 e. The predicted molar refractivity (Wildman–Crippen MR) is 84.1 cm³/mol. The third-order valence-corrected chi connectivity index (χ3v) is 5.92. The van der Waals surface area contributed by atoms with Gasteiger partial charge < -0.3 is 10.3 Å². The van der Waals surface area contributed by atoms with Crippen LogP contribution >= 0.6 is 11.3 Å². The minimum absolute atomic E-state index is 0.0641. The van der Waals surface area contributed by atoms with Gasteiger partial charge >= 0.3 is 4.87 Å². The standard InChI is InChI=1S/C16H26N2OS/c19-16-18-13(11-20-16)10-17-15-9-5-4-8-14(15)12-6-2-1-3-7-12/h11-12,14-15,17H,1-10H2,(H,18,19). The van der Waals surface area contributed by atoms with Crippen molar-refractivity contribution in [3.63, 3.8) is 0 Å². The monoisotopic (exact) mass is 294 g/mol. The molecule has 20 heavy (non-hydrogen) atoms. The molecule has 0 spiro atoms. The highest BCUT2D eigenvalue weighted by Gasteiger charge is 2.32. The zero-order valence-corrected chi connectivity index (χ0v) is 13.0. The lowest BCUT2D eigenvalue weighted by atomic mass is 9.71. The van der Waals surface area contributed by atoms with Crippen LogP contribution in [0.3, 0.4) is 0 Å². The Bertz CT molecular complexity index is 461. The highest BCUT2D eigenvalue weighted by atomic mass is 32.1. The molecule has 1 aromatic rings. The summed E-state index contributed by atoms with van der Waals surface area (Å²) < 4.78 is 0. The molecule has 0 aromatic carbocycles. The van der Waals surface area contributed by atoms with Crippen molar-refractivity contribution in [3.8, 4) is 0 Å². The van der Waals surface area contributed by atoms with E-state index in [0.717, 1.165) is 24.1 Å². The summed E-state index contributed by atoms with van der Waals surface area (Å²) in [6.45, 7) is 0.826. The number of thiazole rings is 1. The molecule has 1 heterocycles. The average Bonchev–Trinajstić information content (AvgIpc) is 2.92. The molecule has 2 aliphatic rings. The van der Waals surface area contributed by atoms with Gasteiger partial charge in [0.25, 0.3) is 0 Å². The Balaban J connectivity index is 1.58. The number of hydrogen-bond donors (Lipinski definition) is 2. The van der Waals surface area contributed by atoms with Gasteiger partial charge in [0.05, 0.1) is 0 Å². The highest BCUT2D eigenvalue weighted by Crippen LogP contribution is 2.38. The summed E-state index contributed by atoms with van der Waals surface area (Å²) in [6, 6.07) is 0.662. The quantitative estimate of drug-likeness (QED) is 0.890. The number of aromatic nitrogens is 1. The van der Waals surface area contributed by atoms with Gasteiger partial charge in [0, 0.05) is 23.7 Å². The van der Waals surface area contributed by atoms with Crippen LogP contribution in [-0.2, 0) is 6.54 Å². The molecular formula is C16H26N2OS. The zero-order chi connectivity index (χ0) is 13.8. The normalized spacial score (nSPS) is 28.6. The van der Waals surface area contributed by atoms with Crippen molar-refractivity contribution < 1.29 is 0 Å². The molecule has 2 unspecified atom stereocenters. The van der Waals surface area contributed by atoms with Crippen LogP contribution in [0, 0.1) is 11.8 Å². The van der Waals surface area contributed by atoms with Crippen molar-refractivity contribution >= 4 is 11.3 Å². The van der Waals surface area contributed by atoms with E-state index in [1.54, 1.807) is 0 Å². The molecule has 3 rings (SSSR count). The summed E-state index contributed by atoms with van der Waals surface area (Å²) in [6.07, 6.45) is 12.7. The Morgan fingerprint density at radius 2 is 1.85 bits per heavy atom. The van der Waals surface area contributed by atoms with Crippen molar-refractivity contribution in [2.75, 3.05) is 0 Å². The molecule has 2 fully saturated rings. The van der Waals surface area contributed by atoms with Crippen LogP contribution in [0.2, 0.25) is 0 Å². The molecule has 0 saturated heterocycles. The van der Waals surface area contributed by atoms with Crippen molar-refractivity contribution in [2.45, 2.75) is 70.4 Å². The molecule has 112 valence electrons. The third-order valence-electron chi connectivity index (χ3n) is 5.20. The molecule has 0 amide bonds. The van der Waals surface area contributed by atoms with Gasteiger partial charge in [0.15, 0.2) is 0 Å². The van der Waals surface area contributed by atoms with Crippen LogP contribution in [0.25, 0.3) is 0 Å². The zero-order valence-electron chi connectivity index (χ0n) is 12.2. The second kappa shape index (κ2) is 6.90. The van der Waals surface area contributed by atoms with E-state index in [1.165, 1.54) is 69.1 Å². The van der Waals surface area contributed by atoms with Crippen molar-refractivity contribution in [3.05, 3.63) is 20.7 Å². The summed E-state index contributed by atoms with van der Waals surface area (Å²) in [5.41, 5.74) is 1.05. The largest absolute Gasteiger partial charge is 0.315 e. The van der Waals surface area contributed by atoms with Crippen molar-refractivity contribution in [1.29, 1.82) is 0 Å². The number of aromatic amines is 1. The van der Waals surface area contributed by atoms with Gasteiger partial charge in [-0.1, -0.05) is 56.3 Å². The molecule has 2 N–H and O–H groups in total. The summed E-state index contributed by atoms with van der Waals surface area (Å²) in [7, 11) is 0. The Morgan fingerprint density at radius 3 is 2.60 bits per heavy atom. The molecule has 2 atom stereocenters. The SMILES string of the molecule is O=c1[nH]c(CNC2CCCCC2C2CCCCC2)cs1. The Morgan fingerprint density at radius 1 is 1.10 bits per heavy atom. The molecular weight excluding hydrogens is 268 g/mol. The maximum atomic E-state index is 11.2. The van der Waals surface area contributed by atoms with E-state index in [-0.39, 0.29) is 4.87 Å². The van der Waals surface area contributed by atoms with Gasteiger partial charge in [-0.3, -0.25) is 4.79 Å². The van der Waals surface area contributed by atoms with Crippen LogP contribution < -0.4 is 10.2 Å². The van der Waals surface area contributed by atoms with E-state index < -0.39 is 0 Å². The first-order valence-electron chi connectivity index (χ1n) is 8.23. The Hall–Kier alpha value is -0.610. The van der Waals surface area contributed by atoms with Gasteiger partial charge in [-0.15, -0.1) is 0 Å². The van der Waals surface area contributed by atoms with Gasteiger partial charge in [-0.25, -0.2) is 0 Å². The number of nitrogens with one attached hydrogen (secondary N) is 2. The first-order chi connectivity index (χ1) is 9.83. The van der Waals surface area contributed by atoms with Gasteiger partial charge in [-0.05, 0) is 24.7 Å². The van der Waals surface area contributed by atoms with E-state index in [0.29, 0.717) is 6.04 Å². The van der Waals surface area contributed by atoms with E-state index in [2.05, 4.69) is 10.3 Å². The van der Waals surface area contributed by atoms with E-state index in [1.807, 2.05) is 5.38 Å². The van der Waals surface area contributed by atoms with Gasteiger partial charge in [0.2, 0.25) is 0 Å². The fourth-order valence-corrected chi connectivity index (χ4v) is 4.76. The fraction of sp³-hybridized carbons (Fsp3) is 0.812. The molecule has 2 saturated carbocycles. The summed E-state index contributed by atoms with van der Waals surface area (Å²) >= 11 is 1.27. The molecule has 0 aliphatic heterocycles. The van der Waals surface area contributed by atoms with Crippen molar-refractivity contribution in [1.82, 2.24) is 10.3 Å². The molecule has 0 bridgehead atoms. The first kappa shape index (κ1) is 14.3. The first-order valence-corrected chi connectivity index (χ1v) is 9.11. The molecule has 1 aromatic heterocycles. The number of hydrogen-bond acceptors (Lipinski definition) is 3. The van der Waals surface area contributed by atoms with Crippen LogP contribution in [0.5, 0.6) is 0 Å². The Kier molecular flexibility index (Phi) is 4.94. The minimum atomic E-state index is 0.0641. The number of H-pyrrole nitrogens is 1. The topological polar surface area (TPSA) is 44.9 Å². The van der Waals surface area contributed by atoms with Gasteiger partial charge in [0.1, 0.15) is 0 Å². The highest BCUT2D eigenvalue weighted by molar-refractivity contribution is 7.07. The third kappa shape index (κ3) is 3.53. The Labute approximate surface area is 125 Å². The van der Waals surface area contributed by atoms with E-state index >= 15 is 0 Å². The van der Waals surface area contributed by atoms with Crippen LogP contribution in [0.15, 0.2) is 10.2 Å². The second-order valence-corrected chi connectivity index (χ2v) is 7.35. The molecule has 4 heteroatoms.